The molecule has 1 aromatic carbocycles. The number of fused-ring (bicyclic) bond motifs is 2. The van der Waals surface area contributed by atoms with Crippen molar-refractivity contribution in [2.75, 3.05) is 11.9 Å². The normalized spacial score (nSPS) is 13.8. The van der Waals surface area contributed by atoms with Gasteiger partial charge in [0.15, 0.2) is 0 Å². The van der Waals surface area contributed by atoms with Crippen LogP contribution in [0.3, 0.4) is 0 Å². The molecule has 4 aromatic rings. The zero-order valence-corrected chi connectivity index (χ0v) is 21.1. The van der Waals surface area contributed by atoms with Crippen LogP contribution in [0.4, 0.5) is 10.1 Å². The number of thiophene rings is 1. The van der Waals surface area contributed by atoms with E-state index in [-0.39, 0.29) is 23.3 Å². The van der Waals surface area contributed by atoms with Crippen molar-refractivity contribution < 1.29 is 18.8 Å². The largest absolute Gasteiger partial charge is 0.340 e. The van der Waals surface area contributed by atoms with Crippen molar-refractivity contribution in [3.8, 4) is 0 Å². The second-order valence-corrected chi connectivity index (χ2v) is 10.0. The zero-order valence-electron chi connectivity index (χ0n) is 20.3. The van der Waals surface area contributed by atoms with Crippen molar-refractivity contribution in [3.05, 3.63) is 75.1 Å². The van der Waals surface area contributed by atoms with Gasteiger partial charge in [0.2, 0.25) is 11.9 Å². The van der Waals surface area contributed by atoms with Crippen LogP contribution in [0.25, 0.3) is 10.9 Å². The molecule has 0 saturated carbocycles. The molecule has 190 valence electrons. The van der Waals surface area contributed by atoms with Gasteiger partial charge >= 0.3 is 0 Å². The molecule has 1 aliphatic heterocycles. The average Bonchev–Trinajstić information content (AvgIpc) is 3.55. The van der Waals surface area contributed by atoms with E-state index in [1.165, 1.54) is 17.5 Å². The lowest BCUT2D eigenvalue weighted by Gasteiger charge is -2.30. The number of hydrogen-bond donors (Lipinski definition) is 3. The molecular formula is C26H25FN6O3S. The van der Waals surface area contributed by atoms with Gasteiger partial charge in [-0.25, -0.2) is 4.98 Å². The maximum atomic E-state index is 13.7. The molecule has 1 atom stereocenters. The molecule has 9 nitrogen and oxygen atoms in total. The Morgan fingerprint density at radius 3 is 2.86 bits per heavy atom. The van der Waals surface area contributed by atoms with Crippen LogP contribution in [0.15, 0.2) is 42.7 Å². The van der Waals surface area contributed by atoms with Crippen molar-refractivity contribution in [2.45, 2.75) is 39.3 Å². The van der Waals surface area contributed by atoms with Crippen molar-refractivity contribution in [3.63, 3.8) is 0 Å². The van der Waals surface area contributed by atoms with Gasteiger partial charge in [-0.1, -0.05) is 6.92 Å². The van der Waals surface area contributed by atoms with Gasteiger partial charge in [-0.15, -0.1) is 11.3 Å². The number of hydrogen-bond acceptors (Lipinski definition) is 6. The molecule has 3 aromatic heterocycles. The summed E-state index contributed by atoms with van der Waals surface area (Å²) in [7, 11) is 0. The molecule has 0 saturated heterocycles. The van der Waals surface area contributed by atoms with E-state index in [1.807, 2.05) is 6.92 Å². The van der Waals surface area contributed by atoms with Crippen molar-refractivity contribution in [1.82, 2.24) is 25.4 Å². The molecule has 11 heteroatoms. The summed E-state index contributed by atoms with van der Waals surface area (Å²) in [4.78, 5) is 45.8. The Morgan fingerprint density at radius 1 is 1.22 bits per heavy atom. The van der Waals surface area contributed by atoms with Crippen LogP contribution in [0.5, 0.6) is 0 Å². The van der Waals surface area contributed by atoms with E-state index < -0.39 is 12.0 Å². The third-order valence-corrected chi connectivity index (χ3v) is 7.74. The number of carbonyl (C=O) groups is 3. The second-order valence-electron chi connectivity index (χ2n) is 8.90. The van der Waals surface area contributed by atoms with Gasteiger partial charge in [0.25, 0.3) is 11.8 Å². The summed E-state index contributed by atoms with van der Waals surface area (Å²) in [6, 6.07) is 7.87. The quantitative estimate of drug-likeness (QED) is 0.334. The Kier molecular flexibility index (Phi) is 6.70. The standard InChI is InChI=1S/C26H25FN6O3S/c1-3-18(30-24(34)15-4-5-20-16(10-15)12-29-32-20)26(36)33-9-7-21-17(13-33)11-22(37-21)25(35)31-19-6-8-28-23(27)14(19)2/h4-6,8,10-12,18H,3,7,9,13H2,1-2H3,(H,29,32)(H,30,34)(H,28,31,35)/t18-/m1/s1. The molecule has 0 bridgehead atoms. The smallest absolute Gasteiger partial charge is 0.265 e. The van der Waals surface area contributed by atoms with E-state index in [0.717, 1.165) is 21.3 Å². The van der Waals surface area contributed by atoms with Crippen molar-refractivity contribution in [1.29, 1.82) is 0 Å². The Balaban J connectivity index is 1.25. The molecule has 5 rings (SSSR count). The lowest BCUT2D eigenvalue weighted by atomic mass is 10.1. The second kappa shape index (κ2) is 10.1. The summed E-state index contributed by atoms with van der Waals surface area (Å²) in [5, 5.41) is 13.2. The Hall–Kier alpha value is -4.12. The summed E-state index contributed by atoms with van der Waals surface area (Å²) >= 11 is 1.37. The van der Waals surface area contributed by atoms with Crippen LogP contribution in [0.1, 0.15) is 49.4 Å². The predicted octanol–water partition coefficient (Wildman–Crippen LogP) is 3.81. The first-order valence-corrected chi connectivity index (χ1v) is 12.7. The lowest BCUT2D eigenvalue weighted by Crippen LogP contribution is -2.49. The fourth-order valence-electron chi connectivity index (χ4n) is 4.35. The molecule has 4 heterocycles. The first-order chi connectivity index (χ1) is 17.8. The minimum absolute atomic E-state index is 0.161. The van der Waals surface area contributed by atoms with Gasteiger partial charge < -0.3 is 15.5 Å². The fraction of sp³-hybridized carbons (Fsp3) is 0.269. The van der Waals surface area contributed by atoms with Crippen LogP contribution in [-0.4, -0.2) is 50.4 Å². The van der Waals surface area contributed by atoms with E-state index in [9.17, 15) is 18.8 Å². The van der Waals surface area contributed by atoms with Gasteiger partial charge in [0.1, 0.15) is 6.04 Å². The van der Waals surface area contributed by atoms with E-state index in [2.05, 4.69) is 25.8 Å². The van der Waals surface area contributed by atoms with Gasteiger partial charge in [0, 0.05) is 40.7 Å². The Labute approximate surface area is 216 Å². The molecular weight excluding hydrogens is 495 g/mol. The molecule has 3 amide bonds. The van der Waals surface area contributed by atoms with Gasteiger partial charge in [-0.2, -0.15) is 9.49 Å². The lowest BCUT2D eigenvalue weighted by molar-refractivity contribution is -0.134. The van der Waals surface area contributed by atoms with Crippen molar-refractivity contribution >= 4 is 45.6 Å². The number of amides is 3. The third kappa shape index (κ3) is 4.94. The van der Waals surface area contributed by atoms with Gasteiger partial charge in [-0.05, 0) is 55.7 Å². The Morgan fingerprint density at radius 2 is 2.05 bits per heavy atom. The third-order valence-electron chi connectivity index (χ3n) is 6.51. The molecule has 3 N–H and O–H groups in total. The number of aromatic nitrogens is 3. The zero-order chi connectivity index (χ0) is 26.1. The number of rotatable bonds is 6. The molecule has 0 aliphatic carbocycles. The molecule has 0 unspecified atom stereocenters. The number of H-pyrrole nitrogens is 1. The molecule has 0 radical (unpaired) electrons. The van der Waals surface area contributed by atoms with E-state index in [1.54, 1.807) is 48.4 Å². The van der Waals surface area contributed by atoms with Crippen LogP contribution < -0.4 is 10.6 Å². The van der Waals surface area contributed by atoms with Crippen LogP contribution in [0.2, 0.25) is 0 Å². The summed E-state index contributed by atoms with van der Waals surface area (Å²) < 4.78 is 13.7. The molecule has 0 spiro atoms. The highest BCUT2D eigenvalue weighted by Crippen LogP contribution is 2.29. The number of anilines is 1. The number of pyridine rings is 1. The van der Waals surface area contributed by atoms with Gasteiger partial charge in [0.05, 0.1) is 22.3 Å². The summed E-state index contributed by atoms with van der Waals surface area (Å²) in [5.74, 6) is -1.44. The molecule has 0 fully saturated rings. The minimum atomic E-state index is -0.667. The average molecular weight is 521 g/mol. The maximum Gasteiger partial charge on any atom is 0.265 e. The van der Waals surface area contributed by atoms with Crippen LogP contribution in [0, 0.1) is 12.9 Å². The van der Waals surface area contributed by atoms with Crippen molar-refractivity contribution in [2.24, 2.45) is 0 Å². The molecule has 1 aliphatic rings. The molecule has 37 heavy (non-hydrogen) atoms. The van der Waals surface area contributed by atoms with E-state index in [4.69, 9.17) is 0 Å². The van der Waals surface area contributed by atoms with Crippen LogP contribution in [-0.2, 0) is 17.8 Å². The summed E-state index contributed by atoms with van der Waals surface area (Å²) in [5.41, 5.74) is 2.83. The SMILES string of the molecule is CC[C@@H](NC(=O)c1ccc2[nH]ncc2c1)C(=O)N1CCc2sc(C(=O)Nc3ccnc(F)c3C)cc2C1. The van der Waals surface area contributed by atoms with Gasteiger partial charge in [-0.3, -0.25) is 19.5 Å². The topological polar surface area (TPSA) is 120 Å². The first kappa shape index (κ1) is 24.6. The monoisotopic (exact) mass is 520 g/mol. The minimum Gasteiger partial charge on any atom is -0.340 e. The van der Waals surface area contributed by atoms with Crippen LogP contribution >= 0.6 is 11.3 Å². The maximum absolute atomic E-state index is 13.7. The highest BCUT2D eigenvalue weighted by atomic mass is 32.1. The summed E-state index contributed by atoms with van der Waals surface area (Å²) in [6.45, 7) is 4.26. The Bertz CT molecular complexity index is 1510. The number of nitrogens with zero attached hydrogens (tertiary/aromatic N) is 3. The number of carbonyl (C=O) groups excluding carboxylic acids is 3. The van der Waals surface area contributed by atoms with E-state index in [0.29, 0.717) is 42.1 Å². The van der Waals surface area contributed by atoms with E-state index >= 15 is 0 Å². The fourth-order valence-corrected chi connectivity index (χ4v) is 5.41. The number of halogens is 1. The highest BCUT2D eigenvalue weighted by molar-refractivity contribution is 7.14. The predicted molar refractivity (Wildman–Crippen MR) is 138 cm³/mol. The number of nitrogens with one attached hydrogen (secondary N) is 3. The number of benzene rings is 1. The summed E-state index contributed by atoms with van der Waals surface area (Å²) in [6.07, 6.45) is 4.01. The highest BCUT2D eigenvalue weighted by Gasteiger charge is 2.29. The first-order valence-electron chi connectivity index (χ1n) is 11.9. The number of aromatic amines is 1.